The van der Waals surface area contributed by atoms with Gasteiger partial charge in [-0.3, -0.25) is 0 Å². The van der Waals surface area contributed by atoms with E-state index in [2.05, 4.69) is 25.3 Å². The summed E-state index contributed by atoms with van der Waals surface area (Å²) >= 11 is 0. The minimum absolute atomic E-state index is 0.665. The summed E-state index contributed by atoms with van der Waals surface area (Å²) in [6.45, 7) is 11.2. The third-order valence-corrected chi connectivity index (χ3v) is 3.19. The van der Waals surface area contributed by atoms with Crippen molar-refractivity contribution in [1.82, 2.24) is 4.90 Å². The van der Waals surface area contributed by atoms with Crippen molar-refractivity contribution in [2.45, 2.75) is 46.0 Å². The normalized spacial score (nSPS) is 20.9. The van der Waals surface area contributed by atoms with Gasteiger partial charge in [-0.1, -0.05) is 33.3 Å². The average molecular weight is 181 g/mol. The molecule has 1 aliphatic rings. The Morgan fingerprint density at radius 3 is 2.23 bits per heavy atom. The highest BCUT2D eigenvalue weighted by molar-refractivity contribution is 4.98. The van der Waals surface area contributed by atoms with Crippen molar-refractivity contribution >= 4 is 0 Å². The van der Waals surface area contributed by atoms with Gasteiger partial charge >= 0.3 is 0 Å². The van der Waals surface area contributed by atoms with Crippen molar-refractivity contribution in [2.24, 2.45) is 5.92 Å². The average Bonchev–Trinajstić information content (AvgIpc) is 2.43. The Labute approximate surface area is 82.8 Å². The third-order valence-electron chi connectivity index (χ3n) is 3.19. The minimum atomic E-state index is 0.665. The van der Waals surface area contributed by atoms with Gasteiger partial charge in [0.2, 0.25) is 0 Å². The van der Waals surface area contributed by atoms with Gasteiger partial charge in [-0.15, -0.1) is 0 Å². The van der Waals surface area contributed by atoms with E-state index in [-0.39, 0.29) is 0 Å². The van der Waals surface area contributed by atoms with E-state index in [9.17, 15) is 0 Å². The number of allylic oxidation sites excluding steroid dienone is 1. The maximum Gasteiger partial charge on any atom is 0.0174 e. The van der Waals surface area contributed by atoms with Crippen LogP contribution in [0.4, 0.5) is 0 Å². The number of likely N-dealkylation sites (tertiary alicyclic amines) is 1. The Morgan fingerprint density at radius 1 is 1.23 bits per heavy atom. The molecule has 1 heterocycles. The van der Waals surface area contributed by atoms with Crippen LogP contribution in [0.25, 0.3) is 0 Å². The first kappa shape index (κ1) is 10.6. The number of hydrogen-bond acceptors (Lipinski definition) is 1. The quantitative estimate of drug-likeness (QED) is 0.645. The van der Waals surface area contributed by atoms with Gasteiger partial charge in [0.05, 0.1) is 0 Å². The largest absolute Gasteiger partial charge is 0.375 e. The zero-order chi connectivity index (χ0) is 9.68. The molecule has 0 aromatic heterocycles. The van der Waals surface area contributed by atoms with Crippen LogP contribution >= 0.6 is 0 Å². The molecule has 1 rings (SSSR count). The van der Waals surface area contributed by atoms with Crippen molar-refractivity contribution in [1.29, 1.82) is 0 Å². The van der Waals surface area contributed by atoms with E-state index in [0.29, 0.717) is 5.92 Å². The summed E-state index contributed by atoms with van der Waals surface area (Å²) in [6.07, 6.45) is 6.74. The van der Waals surface area contributed by atoms with E-state index in [1.807, 2.05) is 0 Å². The van der Waals surface area contributed by atoms with Crippen molar-refractivity contribution < 1.29 is 0 Å². The summed E-state index contributed by atoms with van der Waals surface area (Å²) in [6, 6.07) is 0. The predicted molar refractivity (Wildman–Crippen MR) is 58.6 cm³/mol. The van der Waals surface area contributed by atoms with Gasteiger partial charge in [-0.25, -0.2) is 0 Å². The van der Waals surface area contributed by atoms with Crippen LogP contribution in [0.15, 0.2) is 12.3 Å². The zero-order valence-electron chi connectivity index (χ0n) is 9.18. The van der Waals surface area contributed by atoms with Crippen LogP contribution in [0.2, 0.25) is 0 Å². The van der Waals surface area contributed by atoms with E-state index >= 15 is 0 Å². The highest BCUT2D eigenvalue weighted by Gasteiger charge is 2.14. The van der Waals surface area contributed by atoms with Crippen LogP contribution < -0.4 is 0 Å². The molecular weight excluding hydrogens is 158 g/mol. The summed E-state index contributed by atoms with van der Waals surface area (Å²) < 4.78 is 0. The topological polar surface area (TPSA) is 3.24 Å². The molecule has 0 bridgehead atoms. The second-order valence-corrected chi connectivity index (χ2v) is 4.20. The monoisotopic (exact) mass is 181 g/mol. The molecule has 1 aliphatic heterocycles. The van der Waals surface area contributed by atoms with Gasteiger partial charge in [0.15, 0.2) is 0 Å². The fraction of sp³-hybridized carbons (Fsp3) is 0.833. The fourth-order valence-corrected chi connectivity index (χ4v) is 1.91. The minimum Gasteiger partial charge on any atom is -0.375 e. The first-order valence-corrected chi connectivity index (χ1v) is 5.69. The van der Waals surface area contributed by atoms with Crippen LogP contribution in [0.5, 0.6) is 0 Å². The molecule has 1 atom stereocenters. The first-order chi connectivity index (χ1) is 6.25. The maximum atomic E-state index is 4.22. The molecule has 76 valence electrons. The second-order valence-electron chi connectivity index (χ2n) is 4.20. The van der Waals surface area contributed by atoms with Gasteiger partial charge in [-0.05, 0) is 25.2 Å². The van der Waals surface area contributed by atoms with Crippen molar-refractivity contribution in [2.75, 3.05) is 13.1 Å². The molecule has 0 spiro atoms. The molecule has 1 unspecified atom stereocenters. The van der Waals surface area contributed by atoms with Crippen LogP contribution in [0.3, 0.4) is 0 Å². The van der Waals surface area contributed by atoms with E-state index in [1.54, 1.807) is 0 Å². The lowest BCUT2D eigenvalue weighted by Crippen LogP contribution is -2.26. The fourth-order valence-electron chi connectivity index (χ4n) is 1.91. The van der Waals surface area contributed by atoms with Crippen LogP contribution in [0.1, 0.15) is 46.0 Å². The Bertz CT molecular complexity index is 155. The summed E-state index contributed by atoms with van der Waals surface area (Å²) in [5.41, 5.74) is 1.37. The zero-order valence-corrected chi connectivity index (χ0v) is 9.18. The summed E-state index contributed by atoms with van der Waals surface area (Å²) in [4.78, 5) is 2.50. The number of hydrogen-bond donors (Lipinski definition) is 0. The van der Waals surface area contributed by atoms with Gasteiger partial charge < -0.3 is 4.90 Å². The first-order valence-electron chi connectivity index (χ1n) is 5.69. The standard InChI is InChI=1S/C12H23N/c1-4-11(2)12(3)13-9-7-5-6-8-10-13/h11H,3-10H2,1-2H3. The number of rotatable bonds is 3. The molecule has 0 aromatic rings. The van der Waals surface area contributed by atoms with Gasteiger partial charge in [-0.2, -0.15) is 0 Å². The Morgan fingerprint density at radius 2 is 1.77 bits per heavy atom. The Kier molecular flexibility index (Phi) is 4.34. The smallest absolute Gasteiger partial charge is 0.0174 e. The van der Waals surface area contributed by atoms with E-state index in [4.69, 9.17) is 0 Å². The molecule has 13 heavy (non-hydrogen) atoms. The van der Waals surface area contributed by atoms with Gasteiger partial charge in [0, 0.05) is 18.8 Å². The molecule has 0 aliphatic carbocycles. The lowest BCUT2D eigenvalue weighted by Gasteiger charge is -2.28. The maximum absolute atomic E-state index is 4.22. The van der Waals surface area contributed by atoms with Crippen LogP contribution in [0, 0.1) is 5.92 Å². The predicted octanol–water partition coefficient (Wildman–Crippen LogP) is 3.42. The summed E-state index contributed by atoms with van der Waals surface area (Å²) in [5, 5.41) is 0. The van der Waals surface area contributed by atoms with E-state index < -0.39 is 0 Å². The molecule has 0 N–H and O–H groups in total. The highest BCUT2D eigenvalue weighted by Crippen LogP contribution is 2.20. The molecule has 0 saturated carbocycles. The lowest BCUT2D eigenvalue weighted by molar-refractivity contribution is 0.317. The van der Waals surface area contributed by atoms with E-state index in [0.717, 1.165) is 0 Å². The highest BCUT2D eigenvalue weighted by atomic mass is 15.1. The van der Waals surface area contributed by atoms with Crippen molar-refractivity contribution in [3.05, 3.63) is 12.3 Å². The van der Waals surface area contributed by atoms with Crippen molar-refractivity contribution in [3.8, 4) is 0 Å². The molecule has 1 nitrogen and oxygen atoms in total. The number of nitrogens with zero attached hydrogens (tertiary/aromatic N) is 1. The second kappa shape index (κ2) is 5.31. The van der Waals surface area contributed by atoms with Crippen molar-refractivity contribution in [3.63, 3.8) is 0 Å². The summed E-state index contributed by atoms with van der Waals surface area (Å²) in [7, 11) is 0. The molecule has 1 saturated heterocycles. The molecule has 0 radical (unpaired) electrons. The molecule has 0 aromatic carbocycles. The Balaban J connectivity index is 2.43. The Hall–Kier alpha value is -0.460. The third kappa shape index (κ3) is 3.06. The van der Waals surface area contributed by atoms with E-state index in [1.165, 1.54) is 50.9 Å². The molecule has 0 amide bonds. The van der Waals surface area contributed by atoms with Crippen LogP contribution in [-0.4, -0.2) is 18.0 Å². The lowest BCUT2D eigenvalue weighted by atomic mass is 10.0. The van der Waals surface area contributed by atoms with Gasteiger partial charge in [0.25, 0.3) is 0 Å². The molecule has 1 fully saturated rings. The van der Waals surface area contributed by atoms with Crippen LogP contribution in [-0.2, 0) is 0 Å². The molecule has 1 heteroatoms. The SMILES string of the molecule is C=C(C(C)CC)N1CCCCCC1. The summed E-state index contributed by atoms with van der Waals surface area (Å²) in [5.74, 6) is 0.665. The van der Waals surface area contributed by atoms with Gasteiger partial charge in [0.1, 0.15) is 0 Å². The molecular formula is C12H23N.